The van der Waals surface area contributed by atoms with Crippen LogP contribution in [0.4, 0.5) is 0 Å². The van der Waals surface area contributed by atoms with Crippen molar-refractivity contribution in [2.24, 2.45) is 0 Å². The van der Waals surface area contributed by atoms with Crippen molar-refractivity contribution in [3.05, 3.63) is 117 Å². The first-order valence-corrected chi connectivity index (χ1v) is 10.6. The van der Waals surface area contributed by atoms with Gasteiger partial charge in [-0.3, -0.25) is 9.97 Å². The van der Waals surface area contributed by atoms with Gasteiger partial charge in [0, 0.05) is 12.4 Å². The van der Waals surface area contributed by atoms with Crippen LogP contribution < -0.4 is 9.05 Å². The molecule has 4 rings (SSSR count). The normalized spacial score (nSPS) is 9.27. The largest absolute Gasteiger partial charge is 3.00 e. The second-order valence-corrected chi connectivity index (χ2v) is 6.97. The summed E-state index contributed by atoms with van der Waals surface area (Å²) in [5.41, 5.74) is 1.83. The quantitative estimate of drug-likeness (QED) is 0.210. The molecule has 0 amide bonds. The molecule has 2 aromatic carbocycles. The molecule has 0 aliphatic carbocycles. The minimum Gasteiger partial charge on any atom is -0.358 e. The van der Waals surface area contributed by atoms with Gasteiger partial charge in [-0.15, -0.1) is 24.3 Å². The second kappa shape index (κ2) is 14.4. The van der Waals surface area contributed by atoms with E-state index in [1.807, 2.05) is 91.6 Å². The van der Waals surface area contributed by atoms with Gasteiger partial charge in [0.2, 0.25) is 0 Å². The van der Waals surface area contributed by atoms with Crippen LogP contribution in [0.15, 0.2) is 97.3 Å². The van der Waals surface area contributed by atoms with Crippen molar-refractivity contribution in [2.75, 3.05) is 6.66 Å². The van der Waals surface area contributed by atoms with E-state index in [1.54, 1.807) is 12.4 Å². The van der Waals surface area contributed by atoms with Gasteiger partial charge < -0.3 is 16.5 Å². The summed E-state index contributed by atoms with van der Waals surface area (Å²) in [7, 11) is -1.36. The predicted octanol–water partition coefficient (Wildman–Crippen LogP) is 6.01. The summed E-state index contributed by atoms with van der Waals surface area (Å²) in [5, 5.41) is 0. The Morgan fingerprint density at radius 3 is 1.43 bits per heavy atom. The van der Waals surface area contributed by atoms with Gasteiger partial charge in [0.25, 0.3) is 0 Å². The Labute approximate surface area is 193 Å². The minimum absolute atomic E-state index is 0. The van der Waals surface area contributed by atoms with Crippen LogP contribution in [0.2, 0.25) is 0 Å². The molecule has 0 unspecified atom stereocenters. The SMILES string of the molecule is C[PH+](Oc1[c-]cccc1)Oc1[c-]cccc1.[CH3-].[Ir+3].c1ccc(-c2ccccn2)nc1. The molecule has 0 fully saturated rings. The maximum Gasteiger partial charge on any atom is 3.00 e. The van der Waals surface area contributed by atoms with Crippen LogP contribution in [0.25, 0.3) is 11.4 Å². The maximum atomic E-state index is 5.62. The molecular weight excluding hydrogens is 571 g/mol. The topological polar surface area (TPSA) is 44.2 Å². The number of nitrogens with zero attached hydrogens (tertiary/aromatic N) is 2. The van der Waals surface area contributed by atoms with E-state index in [2.05, 4.69) is 22.1 Å². The van der Waals surface area contributed by atoms with Crippen LogP contribution in [-0.2, 0) is 20.1 Å². The first-order chi connectivity index (χ1) is 13.8. The number of hydrogen-bond acceptors (Lipinski definition) is 4. The Kier molecular flexibility index (Phi) is 12.2. The Morgan fingerprint density at radius 2 is 1.10 bits per heavy atom. The first-order valence-electron chi connectivity index (χ1n) is 8.76. The van der Waals surface area contributed by atoms with Gasteiger partial charge in [0.1, 0.15) is 6.66 Å². The van der Waals surface area contributed by atoms with Crippen LogP contribution in [0.3, 0.4) is 0 Å². The van der Waals surface area contributed by atoms with Gasteiger partial charge in [0.05, 0.1) is 22.9 Å². The zero-order valence-electron chi connectivity index (χ0n) is 16.8. The molecule has 0 bridgehead atoms. The molecule has 0 aliphatic heterocycles. The van der Waals surface area contributed by atoms with Gasteiger partial charge >= 0.3 is 28.5 Å². The third kappa shape index (κ3) is 8.84. The van der Waals surface area contributed by atoms with E-state index in [-0.39, 0.29) is 27.5 Å². The third-order valence-corrected chi connectivity index (χ3v) is 4.48. The average molecular weight is 595 g/mol. The fourth-order valence-electron chi connectivity index (χ4n) is 2.24. The minimum atomic E-state index is -1.36. The van der Waals surface area contributed by atoms with Crippen molar-refractivity contribution in [3.8, 4) is 22.9 Å². The Balaban J connectivity index is 0.000000290. The Hall–Kier alpha value is -2.58. The summed E-state index contributed by atoms with van der Waals surface area (Å²) in [5.74, 6) is 1.43. The van der Waals surface area contributed by atoms with Gasteiger partial charge in [0.15, 0.2) is 0 Å². The summed E-state index contributed by atoms with van der Waals surface area (Å²) in [4.78, 5) is 8.37. The van der Waals surface area contributed by atoms with Crippen LogP contribution >= 0.6 is 8.38 Å². The van der Waals surface area contributed by atoms with Crippen molar-refractivity contribution in [2.45, 2.75) is 0 Å². The Bertz CT molecular complexity index is 851. The standard InChI is InChI=1S/C13H11O2P.C10H8N2.CH3.Ir/c1-16(14-12-8-4-2-5-9-12)15-13-10-6-3-7-11-13;1-3-7-11-9(5-1)10-6-2-4-8-12-10;;/h2-8,10H,1H3;1-8H;1H3;/q-2;;-1;+3/p+1. The summed E-state index contributed by atoms with van der Waals surface area (Å²) in [6.07, 6.45) is 3.54. The molecule has 4 aromatic rings. The van der Waals surface area contributed by atoms with Crippen molar-refractivity contribution < 1.29 is 29.2 Å². The molecule has 154 valence electrons. The number of para-hydroxylation sites is 2. The summed E-state index contributed by atoms with van der Waals surface area (Å²) < 4.78 is 11.2. The molecule has 0 saturated carbocycles. The van der Waals surface area contributed by atoms with Crippen LogP contribution in [-0.4, -0.2) is 16.6 Å². The molecule has 6 heteroatoms. The van der Waals surface area contributed by atoms with Gasteiger partial charge in [-0.2, -0.15) is 36.4 Å². The number of benzene rings is 2. The van der Waals surface area contributed by atoms with Crippen molar-refractivity contribution in [1.29, 1.82) is 0 Å². The van der Waals surface area contributed by atoms with Crippen LogP contribution in [0.1, 0.15) is 0 Å². The van der Waals surface area contributed by atoms with Crippen LogP contribution in [0, 0.1) is 19.6 Å². The summed E-state index contributed by atoms with van der Waals surface area (Å²) in [6.45, 7) is 1.94. The summed E-state index contributed by atoms with van der Waals surface area (Å²) in [6, 6.07) is 32.6. The summed E-state index contributed by atoms with van der Waals surface area (Å²) >= 11 is 0. The second-order valence-electron chi connectivity index (χ2n) is 5.58. The zero-order chi connectivity index (χ0) is 19.4. The molecule has 2 aromatic heterocycles. The fourth-order valence-corrected chi connectivity index (χ4v) is 3.15. The molecule has 0 saturated heterocycles. The molecule has 0 N–H and O–H groups in total. The number of hydrogen-bond donors (Lipinski definition) is 0. The van der Waals surface area contributed by atoms with Crippen LogP contribution in [0.5, 0.6) is 11.5 Å². The number of pyridine rings is 2. The van der Waals surface area contributed by atoms with Gasteiger partial charge in [-0.1, -0.05) is 12.1 Å². The number of rotatable bonds is 5. The predicted molar refractivity (Wildman–Crippen MR) is 120 cm³/mol. The third-order valence-electron chi connectivity index (χ3n) is 3.46. The van der Waals surface area contributed by atoms with Crippen molar-refractivity contribution in [3.63, 3.8) is 0 Å². The molecule has 0 atom stereocenters. The van der Waals surface area contributed by atoms with E-state index in [1.165, 1.54) is 0 Å². The van der Waals surface area contributed by atoms with E-state index >= 15 is 0 Å². The van der Waals surface area contributed by atoms with E-state index in [0.29, 0.717) is 0 Å². The molecular formula is C24H23IrN2O2P+. The van der Waals surface area contributed by atoms with Crippen molar-refractivity contribution in [1.82, 2.24) is 9.97 Å². The Morgan fingerprint density at radius 1 is 0.667 bits per heavy atom. The molecule has 0 radical (unpaired) electrons. The zero-order valence-corrected chi connectivity index (χ0v) is 20.2. The average Bonchev–Trinajstić information content (AvgIpc) is 2.77. The van der Waals surface area contributed by atoms with E-state index < -0.39 is 8.38 Å². The van der Waals surface area contributed by atoms with Gasteiger partial charge in [-0.25, -0.2) is 0 Å². The monoisotopic (exact) mass is 595 g/mol. The molecule has 2 heterocycles. The van der Waals surface area contributed by atoms with Crippen molar-refractivity contribution >= 4 is 8.38 Å². The van der Waals surface area contributed by atoms with Gasteiger partial charge in [-0.05, 0) is 24.3 Å². The maximum absolute atomic E-state index is 5.62. The first kappa shape index (κ1) is 25.5. The van der Waals surface area contributed by atoms with E-state index in [4.69, 9.17) is 9.05 Å². The smallest absolute Gasteiger partial charge is 0.358 e. The molecule has 4 nitrogen and oxygen atoms in total. The molecule has 0 aliphatic rings. The fraction of sp³-hybridized carbons (Fsp3) is 0.0417. The molecule has 0 spiro atoms. The van der Waals surface area contributed by atoms with E-state index in [0.717, 1.165) is 22.9 Å². The number of aromatic nitrogens is 2. The molecule has 30 heavy (non-hydrogen) atoms. The van der Waals surface area contributed by atoms with E-state index in [9.17, 15) is 0 Å².